The summed E-state index contributed by atoms with van der Waals surface area (Å²) >= 11 is 2.97. The fourth-order valence-electron chi connectivity index (χ4n) is 5.60. The van der Waals surface area contributed by atoms with E-state index in [-0.39, 0.29) is 17.1 Å². The molecular weight excluding hydrogens is 539 g/mol. The summed E-state index contributed by atoms with van der Waals surface area (Å²) in [6.07, 6.45) is 4.18. The number of ketones is 1. The molecule has 0 bridgehead atoms. The van der Waals surface area contributed by atoms with Crippen molar-refractivity contribution in [3.05, 3.63) is 98.4 Å². The van der Waals surface area contributed by atoms with Gasteiger partial charge in [-0.1, -0.05) is 30.0 Å². The minimum Gasteiger partial charge on any atom is -0.494 e. The van der Waals surface area contributed by atoms with Crippen molar-refractivity contribution in [1.82, 2.24) is 14.1 Å². The Hall–Kier alpha value is -3.62. The average Bonchev–Trinajstić information content (AvgIpc) is 3.49. The van der Waals surface area contributed by atoms with E-state index in [9.17, 15) is 9.59 Å². The Bertz CT molecular complexity index is 1770. The number of Topliss-reactive ketones (excluding diaryl/α,β-unsaturated/α-hetero) is 1. The lowest BCUT2D eigenvalue weighted by atomic mass is 9.97. The zero-order valence-corrected chi connectivity index (χ0v) is 24.5. The summed E-state index contributed by atoms with van der Waals surface area (Å²) in [5.41, 5.74) is 5.43. The summed E-state index contributed by atoms with van der Waals surface area (Å²) in [5.74, 6) is 1.01. The van der Waals surface area contributed by atoms with Crippen molar-refractivity contribution in [2.75, 3.05) is 12.4 Å². The first-order valence-corrected chi connectivity index (χ1v) is 15.5. The predicted octanol–water partition coefficient (Wildman–Crippen LogP) is 7.11. The number of hydrogen-bond acceptors (Lipinski definition) is 6. The minimum atomic E-state index is -0.0424. The molecule has 1 aliphatic carbocycles. The number of nitrogens with zero attached hydrogens (tertiary/aromatic N) is 3. The quantitative estimate of drug-likeness (QED) is 0.113. The first-order valence-electron chi connectivity index (χ1n) is 13.7. The highest BCUT2D eigenvalue weighted by Crippen LogP contribution is 2.35. The van der Waals surface area contributed by atoms with E-state index in [0.717, 1.165) is 64.4 Å². The van der Waals surface area contributed by atoms with Crippen LogP contribution in [-0.4, -0.2) is 32.3 Å². The van der Waals surface area contributed by atoms with Crippen LogP contribution in [0.4, 0.5) is 0 Å². The molecule has 2 aromatic carbocycles. The number of thiophene rings is 1. The summed E-state index contributed by atoms with van der Waals surface area (Å²) < 4.78 is 9.36. The number of aromatic nitrogens is 3. The van der Waals surface area contributed by atoms with Gasteiger partial charge in [0.25, 0.3) is 5.56 Å². The molecular formula is C32H31N3O3S2. The number of para-hydroxylation sites is 1. The molecule has 5 aromatic rings. The van der Waals surface area contributed by atoms with Crippen LogP contribution in [-0.2, 0) is 12.8 Å². The molecule has 204 valence electrons. The summed E-state index contributed by atoms with van der Waals surface area (Å²) in [6, 6.07) is 19.5. The van der Waals surface area contributed by atoms with Crippen LogP contribution in [0, 0.1) is 13.8 Å². The molecule has 0 spiro atoms. The van der Waals surface area contributed by atoms with Crippen LogP contribution in [0.15, 0.2) is 70.6 Å². The van der Waals surface area contributed by atoms with E-state index in [0.29, 0.717) is 17.3 Å². The van der Waals surface area contributed by atoms with Gasteiger partial charge in [-0.3, -0.25) is 14.2 Å². The number of fused-ring (bicyclic) bond motifs is 3. The van der Waals surface area contributed by atoms with Crippen LogP contribution in [0.3, 0.4) is 0 Å². The molecule has 6 rings (SSSR count). The van der Waals surface area contributed by atoms with Crippen molar-refractivity contribution in [2.24, 2.45) is 0 Å². The van der Waals surface area contributed by atoms with Crippen molar-refractivity contribution in [3.63, 3.8) is 0 Å². The molecule has 0 radical (unpaired) electrons. The Labute approximate surface area is 241 Å². The molecule has 40 heavy (non-hydrogen) atoms. The summed E-state index contributed by atoms with van der Waals surface area (Å²) in [6.45, 7) is 6.56. The third-order valence-corrected chi connectivity index (χ3v) is 9.57. The van der Waals surface area contributed by atoms with Crippen molar-refractivity contribution >= 4 is 39.1 Å². The zero-order valence-electron chi connectivity index (χ0n) is 22.9. The zero-order chi connectivity index (χ0) is 27.8. The Morgan fingerprint density at radius 1 is 1.00 bits per heavy atom. The standard InChI is InChI=1S/C32H31N3O3S2/c1-4-38-24-16-14-23(15-17-24)34-20(2)18-26(21(34)3)27(36)19-39-32-33-30-29(25-12-8-9-13-28(25)40-30)31(37)35(32)22-10-6-5-7-11-22/h5-7,10-11,14-18H,4,8-9,12-13,19H2,1-3H3. The Kier molecular flexibility index (Phi) is 7.38. The minimum absolute atomic E-state index is 0.00900. The molecule has 0 amide bonds. The maximum absolute atomic E-state index is 13.9. The third-order valence-electron chi connectivity index (χ3n) is 7.44. The molecule has 0 N–H and O–H groups in total. The van der Waals surface area contributed by atoms with Gasteiger partial charge in [0.1, 0.15) is 10.6 Å². The largest absolute Gasteiger partial charge is 0.494 e. The highest BCUT2D eigenvalue weighted by atomic mass is 32.2. The highest BCUT2D eigenvalue weighted by molar-refractivity contribution is 7.99. The van der Waals surface area contributed by atoms with Gasteiger partial charge in [0.2, 0.25) is 0 Å². The monoisotopic (exact) mass is 569 g/mol. The maximum Gasteiger partial charge on any atom is 0.267 e. The second kappa shape index (κ2) is 11.1. The summed E-state index contributed by atoms with van der Waals surface area (Å²) in [4.78, 5) is 34.5. The van der Waals surface area contributed by atoms with Crippen molar-refractivity contribution in [2.45, 2.75) is 51.6 Å². The van der Waals surface area contributed by atoms with Gasteiger partial charge < -0.3 is 9.30 Å². The normalized spacial score (nSPS) is 13.0. The van der Waals surface area contributed by atoms with E-state index in [1.54, 1.807) is 15.9 Å². The predicted molar refractivity (Wildman–Crippen MR) is 163 cm³/mol. The first-order chi connectivity index (χ1) is 19.5. The third kappa shape index (κ3) is 4.80. The van der Waals surface area contributed by atoms with Gasteiger partial charge in [-0.05, 0) is 94.5 Å². The maximum atomic E-state index is 13.9. The topological polar surface area (TPSA) is 66.1 Å². The SMILES string of the molecule is CCOc1ccc(-n2c(C)cc(C(=O)CSc3nc4sc5c(c4c(=O)n3-c3ccccc3)CCCC5)c2C)cc1. The smallest absolute Gasteiger partial charge is 0.267 e. The van der Waals surface area contributed by atoms with E-state index < -0.39 is 0 Å². The van der Waals surface area contributed by atoms with Crippen molar-refractivity contribution in [1.29, 1.82) is 0 Å². The van der Waals surface area contributed by atoms with Crippen LogP contribution in [0.5, 0.6) is 5.75 Å². The van der Waals surface area contributed by atoms with Gasteiger partial charge in [-0.15, -0.1) is 11.3 Å². The lowest BCUT2D eigenvalue weighted by molar-refractivity contribution is 0.102. The molecule has 0 unspecified atom stereocenters. The molecule has 0 aliphatic heterocycles. The van der Waals surface area contributed by atoms with Crippen molar-refractivity contribution < 1.29 is 9.53 Å². The lowest BCUT2D eigenvalue weighted by Crippen LogP contribution is -2.22. The Morgan fingerprint density at radius 3 is 2.48 bits per heavy atom. The first kappa shape index (κ1) is 26.6. The fourth-order valence-corrected chi connectivity index (χ4v) is 7.79. The second-order valence-electron chi connectivity index (χ2n) is 10.0. The molecule has 8 heteroatoms. The van der Waals surface area contributed by atoms with Crippen LogP contribution >= 0.6 is 23.1 Å². The fraction of sp³-hybridized carbons (Fsp3) is 0.281. The number of rotatable bonds is 8. The van der Waals surface area contributed by atoms with Crippen LogP contribution in [0.1, 0.15) is 52.0 Å². The van der Waals surface area contributed by atoms with E-state index >= 15 is 0 Å². The molecule has 1 aliphatic rings. The molecule has 6 nitrogen and oxygen atoms in total. The Morgan fingerprint density at radius 2 is 1.73 bits per heavy atom. The highest BCUT2D eigenvalue weighted by Gasteiger charge is 2.24. The molecule has 3 heterocycles. The van der Waals surface area contributed by atoms with Gasteiger partial charge >= 0.3 is 0 Å². The number of thioether (sulfide) groups is 1. The average molecular weight is 570 g/mol. The molecule has 0 atom stereocenters. The summed E-state index contributed by atoms with van der Waals surface area (Å²) in [7, 11) is 0. The van der Waals surface area contributed by atoms with Crippen molar-refractivity contribution in [3.8, 4) is 17.1 Å². The molecule has 0 fully saturated rings. The van der Waals surface area contributed by atoms with Gasteiger partial charge in [-0.2, -0.15) is 0 Å². The van der Waals surface area contributed by atoms with E-state index in [1.165, 1.54) is 22.2 Å². The second-order valence-corrected chi connectivity index (χ2v) is 12.0. The van der Waals surface area contributed by atoms with E-state index in [4.69, 9.17) is 9.72 Å². The molecule has 0 saturated carbocycles. The van der Waals surface area contributed by atoms with E-state index in [1.807, 2.05) is 81.4 Å². The van der Waals surface area contributed by atoms with Crippen LogP contribution in [0.25, 0.3) is 21.6 Å². The molecule has 0 saturated heterocycles. The Balaban J connectivity index is 1.33. The number of aryl methyl sites for hydroxylation is 3. The number of carbonyl (C=O) groups is 1. The van der Waals surface area contributed by atoms with Gasteiger partial charge in [0, 0.05) is 27.5 Å². The molecule has 3 aromatic heterocycles. The van der Waals surface area contributed by atoms with Crippen LogP contribution < -0.4 is 10.3 Å². The number of hydrogen-bond donors (Lipinski definition) is 0. The van der Waals surface area contributed by atoms with Crippen LogP contribution in [0.2, 0.25) is 0 Å². The van der Waals surface area contributed by atoms with Gasteiger partial charge in [0.15, 0.2) is 10.9 Å². The lowest BCUT2D eigenvalue weighted by Gasteiger charge is -2.13. The number of ether oxygens (including phenoxy) is 1. The van der Waals surface area contributed by atoms with Gasteiger partial charge in [0.05, 0.1) is 23.4 Å². The van der Waals surface area contributed by atoms with E-state index in [2.05, 4.69) is 4.57 Å². The number of carbonyl (C=O) groups excluding carboxylic acids is 1. The number of benzene rings is 2. The van der Waals surface area contributed by atoms with Gasteiger partial charge in [-0.25, -0.2) is 4.98 Å². The summed E-state index contributed by atoms with van der Waals surface area (Å²) in [5, 5.41) is 1.30.